The van der Waals surface area contributed by atoms with E-state index in [1.54, 1.807) is 9.20 Å². The van der Waals surface area contributed by atoms with Crippen LogP contribution in [0.4, 0.5) is 0 Å². The number of ether oxygens (including phenoxy) is 1. The summed E-state index contributed by atoms with van der Waals surface area (Å²) < 4.78 is 8.99. The molecule has 0 atom stereocenters. The van der Waals surface area contributed by atoms with Crippen LogP contribution in [0, 0.1) is 6.92 Å². The van der Waals surface area contributed by atoms with Gasteiger partial charge in [0.2, 0.25) is 0 Å². The molecular formula is C21H36N4O2. The zero-order valence-corrected chi connectivity index (χ0v) is 17.6. The van der Waals surface area contributed by atoms with Gasteiger partial charge in [0.15, 0.2) is 11.5 Å². The summed E-state index contributed by atoms with van der Waals surface area (Å²) in [6.45, 7) is 6.61. The first kappa shape index (κ1) is 21.5. The lowest BCUT2D eigenvalue weighted by molar-refractivity contribution is 0.0498. The van der Waals surface area contributed by atoms with Crippen LogP contribution in [-0.4, -0.2) is 32.0 Å². The Balaban J connectivity index is 1.69. The van der Waals surface area contributed by atoms with E-state index in [9.17, 15) is 4.79 Å². The smallest absolute Gasteiger partial charge is 0.343 e. The number of carbonyl (C=O) groups is 1. The van der Waals surface area contributed by atoms with Crippen LogP contribution in [0.15, 0.2) is 0 Å². The van der Waals surface area contributed by atoms with Crippen LogP contribution in [0.2, 0.25) is 0 Å². The lowest BCUT2D eigenvalue weighted by Crippen LogP contribution is -2.09. The van der Waals surface area contributed by atoms with Crippen molar-refractivity contribution in [2.45, 2.75) is 91.4 Å². The third-order valence-corrected chi connectivity index (χ3v) is 5.10. The Morgan fingerprint density at radius 3 is 2.11 bits per heavy atom. The van der Waals surface area contributed by atoms with Gasteiger partial charge in [-0.3, -0.25) is 0 Å². The van der Waals surface area contributed by atoms with Gasteiger partial charge in [-0.25, -0.2) is 9.48 Å². The number of aromatic nitrogens is 4. The molecule has 0 saturated carbocycles. The summed E-state index contributed by atoms with van der Waals surface area (Å²) in [5, 5.41) is 8.89. The second kappa shape index (κ2) is 11.1. The van der Waals surface area contributed by atoms with E-state index in [0.29, 0.717) is 17.9 Å². The fourth-order valence-electron chi connectivity index (χ4n) is 3.54. The highest BCUT2D eigenvalue weighted by atomic mass is 16.5. The molecule has 152 valence electrons. The molecule has 2 heterocycles. The number of unbranched alkanes of at least 4 members (excludes halogenated alkanes) is 9. The Morgan fingerprint density at radius 1 is 0.926 bits per heavy atom. The van der Waals surface area contributed by atoms with Crippen molar-refractivity contribution in [1.82, 2.24) is 19.4 Å². The Labute approximate surface area is 163 Å². The van der Waals surface area contributed by atoms with Crippen molar-refractivity contribution >= 4 is 11.6 Å². The van der Waals surface area contributed by atoms with Crippen LogP contribution in [0.5, 0.6) is 0 Å². The molecule has 2 rings (SSSR count). The van der Waals surface area contributed by atoms with Crippen LogP contribution in [0.25, 0.3) is 5.65 Å². The minimum Gasteiger partial charge on any atom is -0.462 e. The average Bonchev–Trinajstić information content (AvgIpc) is 3.15. The molecule has 0 aliphatic carbocycles. The predicted molar refractivity (Wildman–Crippen MR) is 108 cm³/mol. The number of hydrogen-bond acceptors (Lipinski definition) is 4. The maximum absolute atomic E-state index is 12.5. The Kier molecular flexibility index (Phi) is 8.82. The number of esters is 1. The maximum atomic E-state index is 12.5. The van der Waals surface area contributed by atoms with E-state index in [1.807, 2.05) is 20.9 Å². The summed E-state index contributed by atoms with van der Waals surface area (Å²) in [6, 6.07) is 0. The lowest BCUT2D eigenvalue weighted by Gasteiger charge is -2.05. The number of fused-ring (bicyclic) bond motifs is 1. The molecular weight excluding hydrogens is 340 g/mol. The molecule has 0 N–H and O–H groups in total. The van der Waals surface area contributed by atoms with Gasteiger partial charge >= 0.3 is 5.97 Å². The monoisotopic (exact) mass is 376 g/mol. The summed E-state index contributed by atoms with van der Waals surface area (Å²) in [5.74, 6) is 0.563. The minimum absolute atomic E-state index is 0.288. The molecule has 2 aromatic heterocycles. The van der Waals surface area contributed by atoms with Gasteiger partial charge in [0.25, 0.3) is 0 Å². The van der Waals surface area contributed by atoms with Gasteiger partial charge in [-0.1, -0.05) is 71.6 Å². The molecule has 0 aliphatic heterocycles. The summed E-state index contributed by atoms with van der Waals surface area (Å²) in [6.07, 6.45) is 13.5. The van der Waals surface area contributed by atoms with E-state index in [2.05, 4.69) is 17.1 Å². The van der Waals surface area contributed by atoms with Gasteiger partial charge in [0, 0.05) is 13.5 Å². The van der Waals surface area contributed by atoms with Crippen molar-refractivity contribution < 1.29 is 9.53 Å². The van der Waals surface area contributed by atoms with Gasteiger partial charge in [0.05, 0.1) is 12.3 Å². The molecule has 0 bridgehead atoms. The second-order valence-electron chi connectivity index (χ2n) is 7.41. The number of aryl methyl sites for hydroxylation is 3. The molecule has 6 heteroatoms. The number of nitrogens with zero attached hydrogens (tertiary/aromatic N) is 4. The second-order valence-corrected chi connectivity index (χ2v) is 7.41. The molecule has 0 radical (unpaired) electrons. The normalized spacial score (nSPS) is 11.4. The third-order valence-electron chi connectivity index (χ3n) is 5.10. The largest absolute Gasteiger partial charge is 0.462 e. The van der Waals surface area contributed by atoms with Gasteiger partial charge in [-0.2, -0.15) is 14.7 Å². The van der Waals surface area contributed by atoms with Crippen molar-refractivity contribution in [3.63, 3.8) is 0 Å². The first-order valence-electron chi connectivity index (χ1n) is 10.7. The molecule has 0 aromatic carbocycles. The van der Waals surface area contributed by atoms with Crippen LogP contribution >= 0.6 is 0 Å². The van der Waals surface area contributed by atoms with Crippen molar-refractivity contribution in [3.05, 3.63) is 17.1 Å². The molecule has 6 nitrogen and oxygen atoms in total. The Morgan fingerprint density at radius 2 is 1.52 bits per heavy atom. The van der Waals surface area contributed by atoms with Crippen LogP contribution in [-0.2, 0) is 18.2 Å². The van der Waals surface area contributed by atoms with Crippen molar-refractivity contribution in [2.75, 3.05) is 6.61 Å². The number of hydrogen-bond donors (Lipinski definition) is 0. The molecule has 27 heavy (non-hydrogen) atoms. The molecule has 0 fully saturated rings. The zero-order chi connectivity index (χ0) is 19.6. The fourth-order valence-corrected chi connectivity index (χ4v) is 3.54. The van der Waals surface area contributed by atoms with Crippen molar-refractivity contribution in [3.8, 4) is 0 Å². The van der Waals surface area contributed by atoms with Gasteiger partial charge in [0.1, 0.15) is 5.56 Å². The molecule has 0 spiro atoms. The highest BCUT2D eigenvalue weighted by Crippen LogP contribution is 2.18. The topological polar surface area (TPSA) is 61.4 Å². The molecule has 0 saturated heterocycles. The maximum Gasteiger partial charge on any atom is 0.343 e. The highest BCUT2D eigenvalue weighted by molar-refractivity contribution is 5.97. The minimum atomic E-state index is -0.288. The van der Waals surface area contributed by atoms with E-state index in [1.165, 1.54) is 51.4 Å². The van der Waals surface area contributed by atoms with Crippen LogP contribution < -0.4 is 0 Å². The summed E-state index contributed by atoms with van der Waals surface area (Å²) >= 11 is 0. The molecule has 0 unspecified atom stereocenters. The van der Waals surface area contributed by atoms with Crippen LogP contribution in [0.1, 0.15) is 99.9 Å². The first-order valence-corrected chi connectivity index (χ1v) is 10.7. The highest BCUT2D eigenvalue weighted by Gasteiger charge is 2.23. The standard InChI is InChI=1S/C21H36N4O2/c1-5-7-8-9-10-11-12-13-14-15-16-27-21(26)19-17(3)22-25-18(6-2)23-24(4)20(19)25/h5-16H2,1-4H3. The SMILES string of the molecule is CCCCCCCCCCCCOC(=O)c1c(C)nn2c(CC)nn(C)c12. The van der Waals surface area contributed by atoms with Crippen molar-refractivity contribution in [1.29, 1.82) is 0 Å². The van der Waals surface area contributed by atoms with E-state index in [-0.39, 0.29) is 5.97 Å². The fraction of sp³-hybridized carbons (Fsp3) is 0.762. The van der Waals surface area contributed by atoms with E-state index < -0.39 is 0 Å². The van der Waals surface area contributed by atoms with Crippen LogP contribution in [0.3, 0.4) is 0 Å². The van der Waals surface area contributed by atoms with Gasteiger partial charge in [-0.15, -0.1) is 0 Å². The molecule has 0 aliphatic rings. The van der Waals surface area contributed by atoms with E-state index >= 15 is 0 Å². The zero-order valence-electron chi connectivity index (χ0n) is 17.6. The van der Waals surface area contributed by atoms with Gasteiger partial charge in [-0.05, 0) is 13.3 Å². The quantitative estimate of drug-likeness (QED) is 0.364. The van der Waals surface area contributed by atoms with Crippen molar-refractivity contribution in [2.24, 2.45) is 7.05 Å². The predicted octanol–water partition coefficient (Wildman–Crippen LogP) is 5.02. The average molecular weight is 377 g/mol. The Hall–Kier alpha value is -1.85. The molecule has 0 amide bonds. The number of rotatable bonds is 13. The lowest BCUT2D eigenvalue weighted by atomic mass is 10.1. The summed E-state index contributed by atoms with van der Waals surface area (Å²) in [4.78, 5) is 12.5. The summed E-state index contributed by atoms with van der Waals surface area (Å²) in [7, 11) is 1.84. The number of carbonyl (C=O) groups excluding carboxylic acids is 1. The van der Waals surface area contributed by atoms with E-state index in [0.717, 1.165) is 30.7 Å². The van der Waals surface area contributed by atoms with Gasteiger partial charge < -0.3 is 4.74 Å². The Bertz CT molecular complexity index is 717. The third kappa shape index (κ3) is 5.81. The summed E-state index contributed by atoms with van der Waals surface area (Å²) in [5.41, 5.74) is 1.96. The first-order chi connectivity index (χ1) is 13.1. The van der Waals surface area contributed by atoms with E-state index in [4.69, 9.17) is 4.74 Å². The molecule has 2 aromatic rings.